The Balaban J connectivity index is 2.90. The summed E-state index contributed by atoms with van der Waals surface area (Å²) < 4.78 is 5.18. The summed E-state index contributed by atoms with van der Waals surface area (Å²) in [7, 11) is 1.68. The minimum absolute atomic E-state index is 0.124. The second kappa shape index (κ2) is 6.36. The highest BCUT2D eigenvalue weighted by Gasteiger charge is 2.14. The number of nitrogen functional groups attached to an aromatic ring is 1. The van der Waals surface area contributed by atoms with Crippen molar-refractivity contribution >= 4 is 11.6 Å². The van der Waals surface area contributed by atoms with Crippen LogP contribution in [0.3, 0.4) is 0 Å². The van der Waals surface area contributed by atoms with Crippen LogP contribution in [0.2, 0.25) is 0 Å². The minimum atomic E-state index is 0.124. The fraction of sp³-hybridized carbons (Fsp3) is 0.636. The van der Waals surface area contributed by atoms with Crippen LogP contribution < -0.4 is 16.6 Å². The molecule has 1 atom stereocenters. The molecule has 0 radical (unpaired) electrons. The molecule has 0 aromatic carbocycles. The number of nitrogens with one attached hydrogen (secondary N) is 2. The number of aromatic nitrogens is 2. The van der Waals surface area contributed by atoms with E-state index < -0.39 is 0 Å². The number of hydrogen-bond acceptors (Lipinski definition) is 6. The molecule has 0 spiro atoms. The van der Waals surface area contributed by atoms with Gasteiger partial charge < -0.3 is 15.5 Å². The van der Waals surface area contributed by atoms with E-state index in [2.05, 4.69) is 34.6 Å². The lowest BCUT2D eigenvalue weighted by Crippen LogP contribution is -2.21. The standard InChI is InChI=1S/C11H21N5O/c1-7(2)9-10(13-5-8(3)17-4)14-6-15-11(9)16-12/h6-8H,5,12H2,1-4H3,(H2,13,14,15,16). The Labute approximate surface area is 102 Å². The van der Waals surface area contributed by atoms with Crippen LogP contribution in [0.15, 0.2) is 6.33 Å². The molecule has 0 fully saturated rings. The summed E-state index contributed by atoms with van der Waals surface area (Å²) >= 11 is 0. The van der Waals surface area contributed by atoms with E-state index in [0.717, 1.165) is 11.4 Å². The van der Waals surface area contributed by atoms with Crippen LogP contribution >= 0.6 is 0 Å². The molecule has 1 heterocycles. The first-order valence-corrected chi connectivity index (χ1v) is 5.68. The number of hydrogen-bond donors (Lipinski definition) is 3. The van der Waals surface area contributed by atoms with Crippen molar-refractivity contribution in [3.8, 4) is 0 Å². The number of nitrogens with two attached hydrogens (primary N) is 1. The second-order valence-corrected chi connectivity index (χ2v) is 4.21. The fourth-order valence-corrected chi connectivity index (χ4v) is 1.52. The van der Waals surface area contributed by atoms with Crippen molar-refractivity contribution in [2.45, 2.75) is 32.8 Å². The molecular formula is C11H21N5O. The van der Waals surface area contributed by atoms with Gasteiger partial charge in [0.05, 0.1) is 6.10 Å². The van der Waals surface area contributed by atoms with Gasteiger partial charge in [0.2, 0.25) is 0 Å². The molecule has 17 heavy (non-hydrogen) atoms. The Hall–Kier alpha value is -1.40. The van der Waals surface area contributed by atoms with Crippen LogP contribution in [0, 0.1) is 0 Å². The maximum atomic E-state index is 5.45. The predicted molar refractivity (Wildman–Crippen MR) is 68.9 cm³/mol. The normalized spacial score (nSPS) is 12.6. The van der Waals surface area contributed by atoms with Gasteiger partial charge in [-0.2, -0.15) is 0 Å². The predicted octanol–water partition coefficient (Wildman–Crippen LogP) is 1.33. The summed E-state index contributed by atoms with van der Waals surface area (Å²) in [5.74, 6) is 7.18. The summed E-state index contributed by atoms with van der Waals surface area (Å²) in [4.78, 5) is 8.35. The highest BCUT2D eigenvalue weighted by atomic mass is 16.5. The van der Waals surface area contributed by atoms with Crippen molar-refractivity contribution in [2.75, 3.05) is 24.4 Å². The molecule has 0 bridgehead atoms. The average Bonchev–Trinajstić information content (AvgIpc) is 2.34. The number of rotatable bonds is 6. The third kappa shape index (κ3) is 3.54. The SMILES string of the molecule is COC(C)CNc1ncnc(NN)c1C(C)C. The number of ether oxygens (including phenoxy) is 1. The third-order valence-electron chi connectivity index (χ3n) is 2.56. The molecule has 0 aliphatic carbocycles. The van der Waals surface area contributed by atoms with Gasteiger partial charge in [0.25, 0.3) is 0 Å². The Bertz CT molecular complexity index is 356. The maximum absolute atomic E-state index is 5.45. The summed E-state index contributed by atoms with van der Waals surface area (Å²) in [5.41, 5.74) is 3.58. The van der Waals surface area contributed by atoms with Gasteiger partial charge in [-0.15, -0.1) is 0 Å². The zero-order chi connectivity index (χ0) is 12.8. The molecule has 0 saturated heterocycles. The quantitative estimate of drug-likeness (QED) is 0.513. The first-order valence-electron chi connectivity index (χ1n) is 5.68. The van der Waals surface area contributed by atoms with Gasteiger partial charge in [0.1, 0.15) is 18.0 Å². The number of methoxy groups -OCH3 is 1. The number of nitrogens with zero attached hydrogens (tertiary/aromatic N) is 2. The Kier molecular flexibility index (Phi) is 5.11. The smallest absolute Gasteiger partial charge is 0.148 e. The van der Waals surface area contributed by atoms with Gasteiger partial charge in [-0.1, -0.05) is 13.8 Å². The lowest BCUT2D eigenvalue weighted by molar-refractivity contribution is 0.128. The largest absolute Gasteiger partial charge is 0.380 e. The van der Waals surface area contributed by atoms with Gasteiger partial charge in [-0.25, -0.2) is 15.8 Å². The zero-order valence-corrected chi connectivity index (χ0v) is 10.8. The van der Waals surface area contributed by atoms with E-state index >= 15 is 0 Å². The Morgan fingerprint density at radius 2 is 1.94 bits per heavy atom. The third-order valence-corrected chi connectivity index (χ3v) is 2.56. The fourth-order valence-electron chi connectivity index (χ4n) is 1.52. The molecule has 1 aromatic heterocycles. The molecule has 0 aliphatic heterocycles. The van der Waals surface area contributed by atoms with Crippen molar-refractivity contribution < 1.29 is 4.74 Å². The maximum Gasteiger partial charge on any atom is 0.148 e. The lowest BCUT2D eigenvalue weighted by atomic mass is 10.0. The summed E-state index contributed by atoms with van der Waals surface area (Å²) in [6, 6.07) is 0. The monoisotopic (exact) mass is 239 g/mol. The minimum Gasteiger partial charge on any atom is -0.380 e. The molecule has 0 aliphatic rings. The van der Waals surface area contributed by atoms with E-state index in [1.165, 1.54) is 6.33 Å². The van der Waals surface area contributed by atoms with E-state index in [9.17, 15) is 0 Å². The molecular weight excluding hydrogens is 218 g/mol. The van der Waals surface area contributed by atoms with Crippen molar-refractivity contribution in [1.29, 1.82) is 0 Å². The molecule has 6 heteroatoms. The Morgan fingerprint density at radius 3 is 2.47 bits per heavy atom. The summed E-state index contributed by atoms with van der Waals surface area (Å²) in [6.45, 7) is 6.83. The van der Waals surface area contributed by atoms with Crippen LogP contribution in [0.1, 0.15) is 32.3 Å². The highest BCUT2D eigenvalue weighted by molar-refractivity contribution is 5.58. The number of hydrazine groups is 1. The molecule has 96 valence electrons. The van der Waals surface area contributed by atoms with E-state index in [1.54, 1.807) is 7.11 Å². The van der Waals surface area contributed by atoms with Crippen molar-refractivity contribution in [1.82, 2.24) is 9.97 Å². The van der Waals surface area contributed by atoms with E-state index in [-0.39, 0.29) is 12.0 Å². The van der Waals surface area contributed by atoms with E-state index in [4.69, 9.17) is 10.6 Å². The van der Waals surface area contributed by atoms with Gasteiger partial charge in [0.15, 0.2) is 0 Å². The van der Waals surface area contributed by atoms with Gasteiger partial charge in [-0.05, 0) is 12.8 Å². The van der Waals surface area contributed by atoms with Gasteiger partial charge >= 0.3 is 0 Å². The lowest BCUT2D eigenvalue weighted by Gasteiger charge is -2.18. The van der Waals surface area contributed by atoms with Crippen LogP contribution in [-0.4, -0.2) is 29.7 Å². The molecule has 0 saturated carbocycles. The molecule has 4 N–H and O–H groups in total. The molecule has 1 aromatic rings. The Morgan fingerprint density at radius 1 is 1.29 bits per heavy atom. The summed E-state index contributed by atoms with van der Waals surface area (Å²) in [6.07, 6.45) is 1.61. The van der Waals surface area contributed by atoms with Crippen molar-refractivity contribution in [3.05, 3.63) is 11.9 Å². The van der Waals surface area contributed by atoms with E-state index in [1.807, 2.05) is 6.92 Å². The van der Waals surface area contributed by atoms with Crippen LogP contribution in [0.25, 0.3) is 0 Å². The highest BCUT2D eigenvalue weighted by Crippen LogP contribution is 2.27. The molecule has 0 amide bonds. The van der Waals surface area contributed by atoms with Gasteiger partial charge in [-0.3, -0.25) is 0 Å². The van der Waals surface area contributed by atoms with Crippen molar-refractivity contribution in [2.24, 2.45) is 5.84 Å². The average molecular weight is 239 g/mol. The molecule has 1 rings (SSSR count). The first-order chi connectivity index (χ1) is 8.10. The molecule has 1 unspecified atom stereocenters. The first kappa shape index (κ1) is 13.7. The second-order valence-electron chi connectivity index (χ2n) is 4.21. The number of anilines is 2. The van der Waals surface area contributed by atoms with Crippen LogP contribution in [0.5, 0.6) is 0 Å². The molecule has 6 nitrogen and oxygen atoms in total. The van der Waals surface area contributed by atoms with Crippen LogP contribution in [-0.2, 0) is 4.74 Å². The van der Waals surface area contributed by atoms with Gasteiger partial charge in [0, 0.05) is 19.2 Å². The van der Waals surface area contributed by atoms with Crippen molar-refractivity contribution in [3.63, 3.8) is 0 Å². The summed E-state index contributed by atoms with van der Waals surface area (Å²) in [5, 5.41) is 3.25. The topological polar surface area (TPSA) is 85.1 Å². The van der Waals surface area contributed by atoms with Crippen LogP contribution in [0.4, 0.5) is 11.6 Å². The zero-order valence-electron chi connectivity index (χ0n) is 10.8. The van der Waals surface area contributed by atoms with E-state index in [0.29, 0.717) is 12.4 Å².